The van der Waals surface area contributed by atoms with Crippen molar-refractivity contribution in [2.45, 2.75) is 70.2 Å². The zero-order chi connectivity index (χ0) is 22.4. The van der Waals surface area contributed by atoms with Crippen LogP contribution in [0.5, 0.6) is 5.75 Å². The van der Waals surface area contributed by atoms with Gasteiger partial charge in [-0.15, -0.1) is 0 Å². The van der Waals surface area contributed by atoms with Gasteiger partial charge in [0.2, 0.25) is 21.8 Å². The summed E-state index contributed by atoms with van der Waals surface area (Å²) in [5, 5.41) is 5.65. The van der Waals surface area contributed by atoms with E-state index < -0.39 is 15.6 Å². The highest BCUT2D eigenvalue weighted by molar-refractivity contribution is 7.89. The third kappa shape index (κ3) is 5.31. The second-order valence-corrected chi connectivity index (χ2v) is 9.37. The lowest BCUT2D eigenvalue weighted by molar-refractivity contribution is -0.130. The fourth-order valence-corrected chi connectivity index (χ4v) is 5.53. The smallest absolute Gasteiger partial charge is 0.250 e. The second-order valence-electron chi connectivity index (χ2n) is 7.46. The number of hydrogen-bond acceptors (Lipinski definition) is 5. The van der Waals surface area contributed by atoms with Gasteiger partial charge in [-0.3, -0.25) is 9.59 Å². The summed E-state index contributed by atoms with van der Waals surface area (Å²) in [7, 11) is -3.78. The minimum Gasteiger partial charge on any atom is -0.492 e. The Bertz CT molecular complexity index is 859. The molecule has 1 aromatic carbocycles. The minimum atomic E-state index is -3.78. The first kappa shape index (κ1) is 24.1. The van der Waals surface area contributed by atoms with E-state index in [1.165, 1.54) is 17.3 Å². The molecule has 1 aliphatic rings. The van der Waals surface area contributed by atoms with Gasteiger partial charge in [-0.25, -0.2) is 8.42 Å². The second kappa shape index (κ2) is 10.3. The van der Waals surface area contributed by atoms with Crippen LogP contribution in [0.2, 0.25) is 0 Å². The molecule has 0 aromatic heterocycles. The van der Waals surface area contributed by atoms with Crippen molar-refractivity contribution in [3.63, 3.8) is 0 Å². The third-order valence-electron chi connectivity index (χ3n) is 5.38. The molecule has 30 heavy (non-hydrogen) atoms. The zero-order valence-corrected chi connectivity index (χ0v) is 19.1. The molecule has 8 nitrogen and oxygen atoms in total. The molecule has 2 amide bonds. The number of ether oxygens (including phenoxy) is 1. The molecule has 168 valence electrons. The van der Waals surface area contributed by atoms with Crippen molar-refractivity contribution in [3.05, 3.63) is 18.2 Å². The number of nitrogens with zero attached hydrogens (tertiary/aromatic N) is 1. The van der Waals surface area contributed by atoms with E-state index >= 15 is 0 Å². The minimum absolute atomic E-state index is 0.0167. The largest absolute Gasteiger partial charge is 0.492 e. The quantitative estimate of drug-likeness (QED) is 0.616. The first-order valence-corrected chi connectivity index (χ1v) is 12.0. The van der Waals surface area contributed by atoms with E-state index in [0.29, 0.717) is 38.2 Å². The lowest BCUT2D eigenvalue weighted by Gasteiger charge is -2.36. The van der Waals surface area contributed by atoms with Crippen molar-refractivity contribution in [1.29, 1.82) is 0 Å². The highest BCUT2D eigenvalue weighted by Gasteiger charge is 2.40. The fourth-order valence-electron chi connectivity index (χ4n) is 3.92. The van der Waals surface area contributed by atoms with E-state index in [9.17, 15) is 18.0 Å². The van der Waals surface area contributed by atoms with Gasteiger partial charge in [0.15, 0.2) is 0 Å². The monoisotopic (exact) mass is 439 g/mol. The van der Waals surface area contributed by atoms with E-state index in [2.05, 4.69) is 10.6 Å². The van der Waals surface area contributed by atoms with Crippen LogP contribution in [0.4, 0.5) is 5.69 Å². The van der Waals surface area contributed by atoms with Gasteiger partial charge in [-0.2, -0.15) is 4.31 Å². The number of amides is 2. The molecule has 1 fully saturated rings. The molecule has 9 heteroatoms. The van der Waals surface area contributed by atoms with Gasteiger partial charge in [0.25, 0.3) is 0 Å². The highest BCUT2D eigenvalue weighted by Crippen LogP contribution is 2.33. The molecule has 0 radical (unpaired) electrons. The highest BCUT2D eigenvalue weighted by atomic mass is 32.2. The molecule has 2 rings (SSSR count). The van der Waals surface area contributed by atoms with Crippen LogP contribution >= 0.6 is 0 Å². The summed E-state index contributed by atoms with van der Waals surface area (Å²) >= 11 is 0. The predicted octanol–water partition coefficient (Wildman–Crippen LogP) is 2.89. The van der Waals surface area contributed by atoms with E-state index in [1.54, 1.807) is 32.9 Å². The van der Waals surface area contributed by atoms with Crippen molar-refractivity contribution < 1.29 is 22.7 Å². The number of benzene rings is 1. The van der Waals surface area contributed by atoms with E-state index in [4.69, 9.17) is 4.74 Å². The Morgan fingerprint density at radius 2 is 1.73 bits per heavy atom. The summed E-state index contributed by atoms with van der Waals surface area (Å²) in [6.07, 6.45) is 3.82. The number of carbonyl (C=O) groups excluding carboxylic acids is 2. The van der Waals surface area contributed by atoms with Gasteiger partial charge < -0.3 is 15.4 Å². The molecule has 0 saturated heterocycles. The molecule has 0 bridgehead atoms. The number of nitrogens with one attached hydrogen (secondary N) is 2. The Morgan fingerprint density at radius 1 is 1.10 bits per heavy atom. The molecule has 0 unspecified atom stereocenters. The number of carbonyl (C=O) groups is 2. The summed E-state index contributed by atoms with van der Waals surface area (Å²) in [5.74, 6) is -0.340. The Balaban J connectivity index is 2.40. The van der Waals surface area contributed by atoms with Crippen molar-refractivity contribution in [2.24, 2.45) is 0 Å². The zero-order valence-electron chi connectivity index (χ0n) is 18.3. The normalized spacial score (nSPS) is 16.2. The van der Waals surface area contributed by atoms with Crippen molar-refractivity contribution in [3.8, 4) is 5.75 Å². The maximum absolute atomic E-state index is 13.1. The van der Waals surface area contributed by atoms with E-state index in [-0.39, 0.29) is 22.5 Å². The predicted molar refractivity (Wildman–Crippen MR) is 116 cm³/mol. The third-order valence-corrected chi connectivity index (χ3v) is 7.45. The van der Waals surface area contributed by atoms with Crippen LogP contribution in [0.25, 0.3) is 0 Å². The van der Waals surface area contributed by atoms with Crippen LogP contribution in [0, 0.1) is 0 Å². The molecule has 1 aromatic rings. The van der Waals surface area contributed by atoms with Crippen LogP contribution in [0.1, 0.15) is 59.8 Å². The summed E-state index contributed by atoms with van der Waals surface area (Å²) in [4.78, 5) is 24.9. The van der Waals surface area contributed by atoms with Crippen molar-refractivity contribution in [1.82, 2.24) is 9.62 Å². The topological polar surface area (TPSA) is 105 Å². The number of sulfonamides is 1. The molecule has 2 N–H and O–H groups in total. The van der Waals surface area contributed by atoms with Crippen molar-refractivity contribution in [2.75, 3.05) is 25.0 Å². The summed E-state index contributed by atoms with van der Waals surface area (Å²) < 4.78 is 33.1. The van der Waals surface area contributed by atoms with Gasteiger partial charge in [-0.1, -0.05) is 33.1 Å². The lowest BCUT2D eigenvalue weighted by Crippen LogP contribution is -2.57. The summed E-state index contributed by atoms with van der Waals surface area (Å²) in [5.41, 5.74) is -0.620. The van der Waals surface area contributed by atoms with Crippen LogP contribution in [0.15, 0.2) is 23.1 Å². The standard InChI is InChI=1S/C21H33N3O5S/c1-5-24(6-2)30(27,28)19-15-17(11-12-18(19)29-7-3)22-20(26)21(23-16(4)25)13-9-8-10-14-21/h11-12,15H,5-10,13-14H2,1-4H3,(H,22,26)(H,23,25). The summed E-state index contributed by atoms with van der Waals surface area (Å²) in [6.45, 7) is 7.69. The maximum atomic E-state index is 13.1. The Labute approximate surface area is 179 Å². The maximum Gasteiger partial charge on any atom is 0.250 e. The molecule has 0 heterocycles. The average Bonchev–Trinajstić information content (AvgIpc) is 2.70. The average molecular weight is 440 g/mol. The first-order valence-electron chi connectivity index (χ1n) is 10.6. The SMILES string of the molecule is CCOc1ccc(NC(=O)C2(NC(C)=O)CCCCC2)cc1S(=O)(=O)N(CC)CC. The van der Waals surface area contributed by atoms with Crippen LogP contribution < -0.4 is 15.4 Å². The van der Waals surface area contributed by atoms with E-state index in [0.717, 1.165) is 19.3 Å². The molecular formula is C21H33N3O5S. The van der Waals surface area contributed by atoms with E-state index in [1.807, 2.05) is 0 Å². The van der Waals surface area contributed by atoms with Gasteiger partial charge in [0, 0.05) is 25.7 Å². The van der Waals surface area contributed by atoms with Crippen molar-refractivity contribution >= 4 is 27.5 Å². The molecule has 0 spiro atoms. The number of hydrogen-bond donors (Lipinski definition) is 2. The van der Waals surface area contributed by atoms with Crippen LogP contribution in [0.3, 0.4) is 0 Å². The molecule has 0 aliphatic heterocycles. The Kier molecular flexibility index (Phi) is 8.25. The lowest BCUT2D eigenvalue weighted by atomic mass is 9.80. The van der Waals surface area contributed by atoms with Gasteiger partial charge in [-0.05, 0) is 38.0 Å². The molecule has 0 atom stereocenters. The van der Waals surface area contributed by atoms with Gasteiger partial charge >= 0.3 is 0 Å². The summed E-state index contributed by atoms with van der Waals surface area (Å²) in [6, 6.07) is 4.61. The van der Waals surface area contributed by atoms with Crippen LogP contribution in [-0.2, 0) is 19.6 Å². The van der Waals surface area contributed by atoms with Gasteiger partial charge in [0.05, 0.1) is 6.61 Å². The first-order chi connectivity index (χ1) is 14.2. The Hall–Kier alpha value is -2.13. The van der Waals surface area contributed by atoms with Crippen LogP contribution in [-0.4, -0.2) is 49.8 Å². The molecule has 1 saturated carbocycles. The Morgan fingerprint density at radius 3 is 2.27 bits per heavy atom. The molecule has 1 aliphatic carbocycles. The number of rotatable bonds is 9. The fraction of sp³-hybridized carbons (Fsp3) is 0.619. The number of anilines is 1. The molecular weight excluding hydrogens is 406 g/mol. The van der Waals surface area contributed by atoms with Gasteiger partial charge in [0.1, 0.15) is 16.2 Å².